The van der Waals surface area contributed by atoms with E-state index >= 15 is 0 Å². The Morgan fingerprint density at radius 2 is 2.00 bits per heavy atom. The topological polar surface area (TPSA) is 104 Å². The fourth-order valence-corrected chi connectivity index (χ4v) is 3.12. The van der Waals surface area contributed by atoms with Crippen molar-refractivity contribution in [2.75, 3.05) is 18.0 Å². The van der Waals surface area contributed by atoms with Gasteiger partial charge in [0.15, 0.2) is 0 Å². The molecule has 1 aromatic carbocycles. The SMILES string of the molecule is O=C(O)c1cnn(-c2nc3ccc(N4CCCCC4)cc3c(=O)[nH]2)c1. The van der Waals surface area contributed by atoms with Crippen LogP contribution in [0.25, 0.3) is 16.9 Å². The van der Waals surface area contributed by atoms with Crippen LogP contribution < -0.4 is 10.5 Å². The monoisotopic (exact) mass is 339 g/mol. The van der Waals surface area contributed by atoms with Gasteiger partial charge in [-0.2, -0.15) is 5.10 Å². The first kappa shape index (κ1) is 15.4. The Hall–Kier alpha value is -3.16. The highest BCUT2D eigenvalue weighted by atomic mass is 16.4. The molecular formula is C17H17N5O3. The van der Waals surface area contributed by atoms with Crippen molar-refractivity contribution in [1.29, 1.82) is 0 Å². The van der Waals surface area contributed by atoms with Crippen molar-refractivity contribution in [2.24, 2.45) is 0 Å². The number of aromatic carboxylic acids is 1. The zero-order chi connectivity index (χ0) is 17.4. The van der Waals surface area contributed by atoms with E-state index in [0.717, 1.165) is 31.6 Å². The first-order valence-electron chi connectivity index (χ1n) is 8.19. The van der Waals surface area contributed by atoms with E-state index < -0.39 is 5.97 Å². The third kappa shape index (κ3) is 2.86. The van der Waals surface area contributed by atoms with Crippen molar-refractivity contribution in [3.8, 4) is 5.95 Å². The number of aromatic nitrogens is 4. The number of H-pyrrole nitrogens is 1. The van der Waals surface area contributed by atoms with Crippen LogP contribution in [0.5, 0.6) is 0 Å². The van der Waals surface area contributed by atoms with Crippen LogP contribution in [0, 0.1) is 0 Å². The van der Waals surface area contributed by atoms with Crippen molar-refractivity contribution in [3.63, 3.8) is 0 Å². The quantitative estimate of drug-likeness (QED) is 0.754. The maximum atomic E-state index is 12.5. The molecule has 3 aromatic rings. The van der Waals surface area contributed by atoms with E-state index in [-0.39, 0.29) is 17.1 Å². The maximum Gasteiger partial charge on any atom is 0.338 e. The Morgan fingerprint density at radius 3 is 2.72 bits per heavy atom. The third-order valence-electron chi connectivity index (χ3n) is 4.44. The average molecular weight is 339 g/mol. The zero-order valence-corrected chi connectivity index (χ0v) is 13.5. The van der Waals surface area contributed by atoms with Crippen molar-refractivity contribution in [2.45, 2.75) is 19.3 Å². The molecule has 0 radical (unpaired) electrons. The highest BCUT2D eigenvalue weighted by Gasteiger charge is 2.14. The highest BCUT2D eigenvalue weighted by molar-refractivity contribution is 5.87. The van der Waals surface area contributed by atoms with E-state index in [1.165, 1.54) is 23.5 Å². The van der Waals surface area contributed by atoms with E-state index in [0.29, 0.717) is 10.9 Å². The van der Waals surface area contributed by atoms with Crippen molar-refractivity contribution in [3.05, 3.63) is 46.5 Å². The molecule has 0 bridgehead atoms. The maximum absolute atomic E-state index is 12.5. The number of benzene rings is 1. The Balaban J connectivity index is 1.74. The van der Waals surface area contributed by atoms with Crippen LogP contribution in [0.15, 0.2) is 35.4 Å². The van der Waals surface area contributed by atoms with Gasteiger partial charge in [-0.05, 0) is 37.5 Å². The second kappa shape index (κ2) is 6.04. The van der Waals surface area contributed by atoms with Crippen molar-refractivity contribution < 1.29 is 9.90 Å². The van der Waals surface area contributed by atoms with Gasteiger partial charge in [-0.3, -0.25) is 9.78 Å². The van der Waals surface area contributed by atoms with Crippen molar-refractivity contribution >= 4 is 22.6 Å². The minimum atomic E-state index is -1.08. The molecule has 0 amide bonds. The molecule has 25 heavy (non-hydrogen) atoms. The second-order valence-electron chi connectivity index (χ2n) is 6.12. The lowest BCUT2D eigenvalue weighted by molar-refractivity contribution is 0.0697. The summed E-state index contributed by atoms with van der Waals surface area (Å²) < 4.78 is 1.25. The second-order valence-corrected chi connectivity index (χ2v) is 6.12. The molecule has 0 saturated carbocycles. The van der Waals surface area contributed by atoms with Crippen LogP contribution in [0.2, 0.25) is 0 Å². The lowest BCUT2D eigenvalue weighted by Crippen LogP contribution is -2.29. The van der Waals surface area contributed by atoms with Gasteiger partial charge in [-0.15, -0.1) is 0 Å². The summed E-state index contributed by atoms with van der Waals surface area (Å²) in [6.45, 7) is 2.00. The highest BCUT2D eigenvalue weighted by Crippen LogP contribution is 2.22. The van der Waals surface area contributed by atoms with E-state index in [1.807, 2.05) is 18.2 Å². The number of fused-ring (bicyclic) bond motifs is 1. The van der Waals surface area contributed by atoms with Crippen LogP contribution in [0.3, 0.4) is 0 Å². The van der Waals surface area contributed by atoms with Gasteiger partial charge in [-0.25, -0.2) is 14.5 Å². The molecule has 0 aliphatic carbocycles. The summed E-state index contributed by atoms with van der Waals surface area (Å²) >= 11 is 0. The predicted molar refractivity (Wildman–Crippen MR) is 92.5 cm³/mol. The van der Waals surface area contributed by atoms with Crippen LogP contribution in [-0.2, 0) is 0 Å². The number of rotatable bonds is 3. The number of hydrogen-bond donors (Lipinski definition) is 2. The molecule has 2 aromatic heterocycles. The summed E-state index contributed by atoms with van der Waals surface area (Å²) in [6.07, 6.45) is 6.10. The molecule has 0 spiro atoms. The molecule has 1 aliphatic rings. The predicted octanol–water partition coefficient (Wildman–Crippen LogP) is 1.80. The van der Waals surface area contributed by atoms with Gasteiger partial charge in [0, 0.05) is 25.0 Å². The number of anilines is 1. The lowest BCUT2D eigenvalue weighted by Gasteiger charge is -2.28. The third-order valence-corrected chi connectivity index (χ3v) is 4.44. The smallest absolute Gasteiger partial charge is 0.338 e. The molecule has 8 nitrogen and oxygen atoms in total. The Labute approximate surface area is 142 Å². The number of aromatic amines is 1. The minimum absolute atomic E-state index is 0.0307. The number of hydrogen-bond acceptors (Lipinski definition) is 5. The summed E-state index contributed by atoms with van der Waals surface area (Å²) in [5.74, 6) is -0.892. The molecular weight excluding hydrogens is 322 g/mol. The molecule has 8 heteroatoms. The first-order chi connectivity index (χ1) is 12.1. The molecule has 1 fully saturated rings. The molecule has 3 heterocycles. The molecule has 0 atom stereocenters. The normalized spacial score (nSPS) is 14.8. The number of nitrogens with one attached hydrogen (secondary N) is 1. The van der Waals surface area contributed by atoms with Gasteiger partial charge in [0.2, 0.25) is 5.95 Å². The minimum Gasteiger partial charge on any atom is -0.478 e. The summed E-state index contributed by atoms with van der Waals surface area (Å²) in [5.41, 5.74) is 1.33. The molecule has 1 aliphatic heterocycles. The summed E-state index contributed by atoms with van der Waals surface area (Å²) in [7, 11) is 0. The van der Waals surface area contributed by atoms with Gasteiger partial charge >= 0.3 is 5.97 Å². The standard InChI is InChI=1S/C17H17N5O3/c23-15-13-8-12(21-6-2-1-3-7-21)4-5-14(13)19-17(20-15)22-10-11(9-18-22)16(24)25/h4-5,8-10H,1-3,6-7H2,(H,24,25)(H,19,20,23). The van der Waals surface area contributed by atoms with Crippen LogP contribution in [-0.4, -0.2) is 43.9 Å². The first-order valence-corrected chi connectivity index (χ1v) is 8.19. The van der Waals surface area contributed by atoms with E-state index in [2.05, 4.69) is 20.0 Å². The number of piperidine rings is 1. The molecule has 2 N–H and O–H groups in total. The number of carbonyl (C=O) groups is 1. The van der Waals surface area contributed by atoms with E-state index in [4.69, 9.17) is 5.11 Å². The summed E-state index contributed by atoms with van der Waals surface area (Å²) in [6, 6.07) is 5.65. The molecule has 128 valence electrons. The molecule has 4 rings (SSSR count). The fraction of sp³-hybridized carbons (Fsp3) is 0.294. The van der Waals surface area contributed by atoms with Crippen LogP contribution in [0.4, 0.5) is 5.69 Å². The molecule has 0 unspecified atom stereocenters. The summed E-state index contributed by atoms with van der Waals surface area (Å²) in [5, 5.41) is 13.4. The lowest BCUT2D eigenvalue weighted by atomic mass is 10.1. The number of nitrogens with zero attached hydrogens (tertiary/aromatic N) is 4. The Bertz CT molecular complexity index is 1000. The van der Waals surface area contributed by atoms with Crippen LogP contribution in [0.1, 0.15) is 29.6 Å². The fourth-order valence-electron chi connectivity index (χ4n) is 3.12. The largest absolute Gasteiger partial charge is 0.478 e. The van der Waals surface area contributed by atoms with Crippen LogP contribution >= 0.6 is 0 Å². The van der Waals surface area contributed by atoms with E-state index in [9.17, 15) is 9.59 Å². The number of carboxylic acids is 1. The van der Waals surface area contributed by atoms with Gasteiger partial charge in [0.25, 0.3) is 5.56 Å². The molecule has 1 saturated heterocycles. The van der Waals surface area contributed by atoms with E-state index in [1.54, 1.807) is 0 Å². The Kier molecular flexibility index (Phi) is 3.72. The summed E-state index contributed by atoms with van der Waals surface area (Å²) in [4.78, 5) is 32.8. The van der Waals surface area contributed by atoms with Gasteiger partial charge < -0.3 is 10.0 Å². The average Bonchev–Trinajstić information content (AvgIpc) is 3.13. The van der Waals surface area contributed by atoms with Gasteiger partial charge in [0.1, 0.15) is 0 Å². The van der Waals surface area contributed by atoms with Gasteiger partial charge in [0.05, 0.1) is 22.7 Å². The number of carboxylic acid groups (broad SMARTS) is 1. The Morgan fingerprint density at radius 1 is 1.20 bits per heavy atom. The van der Waals surface area contributed by atoms with Gasteiger partial charge in [-0.1, -0.05) is 0 Å². The van der Waals surface area contributed by atoms with Crippen molar-refractivity contribution in [1.82, 2.24) is 19.7 Å². The zero-order valence-electron chi connectivity index (χ0n) is 13.5.